The van der Waals surface area contributed by atoms with Crippen molar-refractivity contribution in [1.82, 2.24) is 5.32 Å². The Hall–Kier alpha value is -3.15. The maximum atomic E-state index is 14.0. The van der Waals surface area contributed by atoms with E-state index in [1.54, 1.807) is 20.8 Å². The van der Waals surface area contributed by atoms with Crippen molar-refractivity contribution in [2.45, 2.75) is 80.6 Å². The van der Waals surface area contributed by atoms with E-state index in [1.165, 1.54) is 26.1 Å². The second-order valence-electron chi connectivity index (χ2n) is 13.4. The van der Waals surface area contributed by atoms with Crippen LogP contribution in [-0.2, 0) is 47.6 Å². The summed E-state index contributed by atoms with van der Waals surface area (Å²) >= 11 is 0. The van der Waals surface area contributed by atoms with Crippen molar-refractivity contribution < 1.29 is 66.0 Å². The maximum absolute atomic E-state index is 14.0. The summed E-state index contributed by atoms with van der Waals surface area (Å²) in [5.41, 5.74) is -10.5. The smallest absolute Gasteiger partial charge is 0.343 e. The van der Waals surface area contributed by atoms with Crippen LogP contribution >= 0.6 is 0 Å². The van der Waals surface area contributed by atoms with Gasteiger partial charge in [0, 0.05) is 18.5 Å². The molecule has 4 N–H and O–H groups in total. The minimum Gasteiger partial charge on any atom is -0.456 e. The number of benzene rings is 1. The van der Waals surface area contributed by atoms with E-state index in [9.17, 15) is 42.9 Å². The molecule has 0 radical (unpaired) electrons. The molecule has 1 aromatic carbocycles. The van der Waals surface area contributed by atoms with Gasteiger partial charge in [0.05, 0.1) is 21.6 Å². The van der Waals surface area contributed by atoms with Crippen LogP contribution in [0.5, 0.6) is 0 Å². The van der Waals surface area contributed by atoms with Gasteiger partial charge >= 0.3 is 17.9 Å². The van der Waals surface area contributed by atoms with Crippen molar-refractivity contribution in [3.63, 3.8) is 0 Å². The van der Waals surface area contributed by atoms with Crippen molar-refractivity contribution in [3.8, 4) is 0 Å². The van der Waals surface area contributed by atoms with Gasteiger partial charge in [-0.1, -0.05) is 20.8 Å². The van der Waals surface area contributed by atoms with Crippen LogP contribution in [0.3, 0.4) is 0 Å². The van der Waals surface area contributed by atoms with Gasteiger partial charge in [-0.05, 0) is 36.6 Å². The highest BCUT2D eigenvalue weighted by molar-refractivity contribution is 7.86. The monoisotopic (exact) mass is 637 g/mol. The van der Waals surface area contributed by atoms with E-state index in [0.29, 0.717) is 0 Å². The minimum atomic E-state index is -4.73. The summed E-state index contributed by atoms with van der Waals surface area (Å²) in [6, 6.07) is 4.82. The predicted molar refractivity (Wildman–Crippen MR) is 139 cm³/mol. The predicted octanol–water partition coefficient (Wildman–Crippen LogP) is -1.63. The molecule has 7 rings (SSSR count). The van der Waals surface area contributed by atoms with E-state index in [4.69, 9.17) is 23.1 Å². The Morgan fingerprint density at radius 2 is 1.64 bits per heavy atom. The number of fused-ring (bicyclic) bond motifs is 1. The van der Waals surface area contributed by atoms with Gasteiger partial charge in [0.2, 0.25) is 11.9 Å². The molecule has 6 unspecified atom stereocenters. The van der Waals surface area contributed by atoms with Crippen LogP contribution in [0, 0.1) is 28.1 Å². The van der Waals surface area contributed by atoms with E-state index in [-0.39, 0.29) is 10.5 Å². The summed E-state index contributed by atoms with van der Waals surface area (Å²) in [4.78, 5) is 51.4. The lowest BCUT2D eigenvalue weighted by molar-refractivity contribution is -0.240. The van der Waals surface area contributed by atoms with Crippen molar-refractivity contribution >= 4 is 33.9 Å². The molecule has 1 amide bonds. The summed E-state index contributed by atoms with van der Waals surface area (Å²) in [5.74, 6) is -6.54. The zero-order valence-corrected chi connectivity index (χ0v) is 25.0. The number of aliphatic hydroxyl groups excluding tert-OH is 2. The Balaban J connectivity index is 1.46. The number of carbonyl (C=O) groups is 4. The quantitative estimate of drug-likeness (QED) is 0.166. The van der Waals surface area contributed by atoms with E-state index in [0.717, 1.165) is 12.1 Å². The zero-order chi connectivity index (χ0) is 32.2. The third-order valence-corrected chi connectivity index (χ3v) is 12.1. The van der Waals surface area contributed by atoms with Crippen LogP contribution < -0.4 is 5.32 Å². The summed E-state index contributed by atoms with van der Waals surface area (Å²) in [5, 5.41) is 38.5. The molecule has 4 aliphatic heterocycles. The van der Waals surface area contributed by atoms with Gasteiger partial charge in [-0.15, -0.1) is 0 Å². The lowest BCUT2D eigenvalue weighted by Gasteiger charge is -2.47. The molecule has 44 heavy (non-hydrogen) atoms. The lowest BCUT2D eigenvalue weighted by atomic mass is 9.51. The van der Waals surface area contributed by atoms with Gasteiger partial charge in [0.25, 0.3) is 16.0 Å². The van der Waals surface area contributed by atoms with Gasteiger partial charge < -0.3 is 39.6 Å². The van der Waals surface area contributed by atoms with Crippen LogP contribution in [0.1, 0.15) is 38.1 Å². The van der Waals surface area contributed by atoms with Gasteiger partial charge in [0.15, 0.2) is 17.8 Å². The van der Waals surface area contributed by atoms with Crippen LogP contribution in [0.2, 0.25) is 0 Å². The molecule has 16 heteroatoms. The number of ether oxygens (including phenoxy) is 4. The van der Waals surface area contributed by atoms with Crippen LogP contribution in [0.25, 0.3) is 0 Å². The Morgan fingerprint density at radius 1 is 1.00 bits per heavy atom. The van der Waals surface area contributed by atoms with Gasteiger partial charge in [-0.2, -0.15) is 8.42 Å². The molecule has 6 aliphatic rings. The van der Waals surface area contributed by atoms with Gasteiger partial charge in [-0.3, -0.25) is 13.8 Å². The number of rotatable bonds is 4. The fourth-order valence-corrected chi connectivity index (χ4v) is 10.5. The van der Waals surface area contributed by atoms with Crippen molar-refractivity contribution in [2.24, 2.45) is 28.1 Å². The average molecular weight is 638 g/mol. The Kier molecular flexibility index (Phi) is 5.61. The van der Waals surface area contributed by atoms with Crippen LogP contribution in [-0.4, -0.2) is 103 Å². The Labute approximate surface area is 250 Å². The highest BCUT2D eigenvalue weighted by Crippen LogP contribution is 2.84. The molecule has 2 spiro atoms. The molecule has 2 saturated carbocycles. The van der Waals surface area contributed by atoms with E-state index in [1.807, 2.05) is 0 Å². The number of esters is 3. The fraction of sp³-hybridized carbons (Fsp3) is 0.643. The average Bonchev–Trinajstić information content (AvgIpc) is 3.66. The summed E-state index contributed by atoms with van der Waals surface area (Å²) in [7, 11) is -3.32. The molecular weight excluding hydrogens is 606 g/mol. The molecule has 0 aromatic heterocycles. The topological polar surface area (TPSA) is 221 Å². The Bertz CT molecular complexity index is 1640. The SMILES string of the molecule is CNC(=O)c1ccc(S(=O)(=O)O[C@@H]2C(C(C)(C)C)C34C(OC(=O)[C@@H]3O)O[C@@]35C(=O)OC2C43C(O)[C@@H]2OC(=O)[C@@H](C)[C@@]25O)cc1. The second-order valence-corrected chi connectivity index (χ2v) is 15.0. The molecular formula is C28H31NO14S. The summed E-state index contributed by atoms with van der Waals surface area (Å²) < 4.78 is 56.3. The highest BCUT2D eigenvalue weighted by atomic mass is 32.2. The molecule has 0 bridgehead atoms. The van der Waals surface area contributed by atoms with Gasteiger partial charge in [-0.25, -0.2) is 9.59 Å². The van der Waals surface area contributed by atoms with E-state index < -0.39 is 110 Å². The third-order valence-electron chi connectivity index (χ3n) is 10.8. The first-order valence-electron chi connectivity index (χ1n) is 14.0. The fourth-order valence-electron chi connectivity index (χ4n) is 9.45. The number of nitrogens with one attached hydrogen (secondary N) is 1. The number of amides is 1. The zero-order valence-electron chi connectivity index (χ0n) is 24.2. The first-order chi connectivity index (χ1) is 20.4. The molecule has 6 fully saturated rings. The molecule has 238 valence electrons. The number of carbonyl (C=O) groups excluding carboxylic acids is 4. The summed E-state index contributed by atoms with van der Waals surface area (Å²) in [6.07, 6.45) is -11.1. The maximum Gasteiger partial charge on any atom is 0.343 e. The lowest BCUT2D eigenvalue weighted by Crippen LogP contribution is -2.67. The van der Waals surface area contributed by atoms with Crippen molar-refractivity contribution in [2.75, 3.05) is 7.05 Å². The minimum absolute atomic E-state index is 0.170. The van der Waals surface area contributed by atoms with Gasteiger partial charge in [0.1, 0.15) is 18.3 Å². The first kappa shape index (κ1) is 29.6. The second kappa shape index (κ2) is 8.35. The third kappa shape index (κ3) is 2.77. The molecule has 4 heterocycles. The van der Waals surface area contributed by atoms with Crippen molar-refractivity contribution in [3.05, 3.63) is 29.8 Å². The first-order valence-corrected chi connectivity index (χ1v) is 15.4. The molecule has 12 atom stereocenters. The number of hydrogen-bond acceptors (Lipinski definition) is 14. The van der Waals surface area contributed by atoms with Crippen LogP contribution in [0.4, 0.5) is 0 Å². The van der Waals surface area contributed by atoms with Crippen molar-refractivity contribution in [1.29, 1.82) is 0 Å². The largest absolute Gasteiger partial charge is 0.456 e. The highest BCUT2D eigenvalue weighted by Gasteiger charge is 3.05. The number of hydrogen-bond donors (Lipinski definition) is 4. The van der Waals surface area contributed by atoms with Crippen LogP contribution in [0.15, 0.2) is 29.2 Å². The number of aliphatic hydroxyl groups is 3. The standard InChI is InChI=1S/C28H31NO14S/c1-10-20(33)39-18-15(30)26-17-13(43-44(37,38)12-8-6-11(7-9-12)19(32)29-5)14(24(2,3)4)25(26)16(31)21(34)41-23(25)42-28(26,22(35)40-17)27(10,18)36/h6-10,13-18,23,30-31,36H,1-5H3,(H,29,32)/t10-,13-,14?,15?,16+,17?,18+,23?,25?,26?,27-,28+/m1/s1. The molecule has 2 aliphatic carbocycles. The molecule has 4 saturated heterocycles. The summed E-state index contributed by atoms with van der Waals surface area (Å²) in [6.45, 7) is 6.27. The normalized spacial score (nSPS) is 46.6. The van der Waals surface area contributed by atoms with E-state index in [2.05, 4.69) is 5.32 Å². The molecule has 15 nitrogen and oxygen atoms in total. The molecule has 1 aromatic rings. The van der Waals surface area contributed by atoms with E-state index >= 15 is 0 Å². The Morgan fingerprint density at radius 3 is 2.23 bits per heavy atom.